The van der Waals surface area contributed by atoms with Crippen molar-refractivity contribution in [1.29, 1.82) is 0 Å². The van der Waals surface area contributed by atoms with Crippen LogP contribution in [-0.4, -0.2) is 164 Å². The van der Waals surface area contributed by atoms with Crippen LogP contribution in [0.5, 0.6) is 0 Å². The lowest BCUT2D eigenvalue weighted by atomic mass is 9.85. The average Bonchev–Trinajstić information content (AvgIpc) is 3.25. The van der Waals surface area contributed by atoms with Gasteiger partial charge in [-0.1, -0.05) is 67.4 Å². The third-order valence-electron chi connectivity index (χ3n) is 14.8. The Kier molecular flexibility index (Phi) is 18.0. The molecule has 6 aliphatic rings. The molecule has 0 amide bonds. The first kappa shape index (κ1) is 51.1. The largest absolute Gasteiger partial charge is 0.390 e. The predicted molar refractivity (Wildman–Crippen MR) is 223 cm³/mol. The SMILES string of the molecule is CC1O[C@@H](OCCN=[N+]=[N-])[C@@H](C)C(O[C@H]2OC[C@@H](C)C(O[C@@H]3OC(C)[C@@H](C)C(O[C@H]4OC[C@@H](C)C(O[C@@H]5OC(C)[C@@H](C)C(O[C@H]6OC[C@@H](C)C(O)[C@@H]6O)[C@@H]5C)[C@@H]4O)[C@@H]3C)[C@@H]2O)[C@@H]1C. The van der Waals surface area contributed by atoms with Crippen molar-refractivity contribution in [2.24, 2.45) is 58.4 Å². The number of ether oxygens (including phenoxy) is 12. The topological polar surface area (TPSA) is 240 Å². The average molecular weight is 904 g/mol. The number of rotatable bonds is 14. The minimum Gasteiger partial charge on any atom is -0.390 e. The molecular weight excluding hydrogens is 826 g/mol. The standard InChI is InChI=1S/C44H77N3O16/c1-18-15-53-42(31(49)30(18)48)61-37-22(5)28(11)57-40(25(37)8)59-35-20(3)17-55-44(33(35)51)63-38-23(6)29(12)58-41(26(38)9)60-34-19(2)16-54-43(32(34)50)62-36-21(4)27(10)56-39(24(36)7)52-14-13-46-47-45/h18-44,48-51H,13-17H2,1-12H3/t18-,19-,20-,21-,22-,23-,24+,25+,26+,27?,28?,29?,30?,31+,32+,33+,34?,35?,36?,37?,38?,39-,40+,41+,42-,43-,44-/m1/s1. The summed E-state index contributed by atoms with van der Waals surface area (Å²) >= 11 is 0. The molecule has 6 heterocycles. The van der Waals surface area contributed by atoms with Crippen LogP contribution in [0.4, 0.5) is 0 Å². The highest BCUT2D eigenvalue weighted by Gasteiger charge is 2.52. The monoisotopic (exact) mass is 904 g/mol. The van der Waals surface area contributed by atoms with Crippen LogP contribution in [0, 0.1) is 53.3 Å². The normalized spacial score (nSPS) is 52.2. The number of aliphatic hydroxyl groups excluding tert-OH is 4. The molecule has 364 valence electrons. The maximum absolute atomic E-state index is 11.9. The summed E-state index contributed by atoms with van der Waals surface area (Å²) in [7, 11) is 0. The van der Waals surface area contributed by atoms with E-state index in [0.717, 1.165) is 0 Å². The fraction of sp³-hybridized carbons (Fsp3) is 1.00. The first-order chi connectivity index (χ1) is 29.8. The highest BCUT2D eigenvalue weighted by molar-refractivity contribution is 4.94. The Morgan fingerprint density at radius 3 is 1.21 bits per heavy atom. The van der Waals surface area contributed by atoms with Crippen molar-refractivity contribution in [3.8, 4) is 0 Å². The third kappa shape index (κ3) is 11.3. The van der Waals surface area contributed by atoms with E-state index in [1.54, 1.807) is 0 Å². The second kappa shape index (κ2) is 22.2. The zero-order chi connectivity index (χ0) is 46.0. The van der Waals surface area contributed by atoms with Crippen LogP contribution in [-0.2, 0) is 56.8 Å². The summed E-state index contributed by atoms with van der Waals surface area (Å²) in [5.74, 6) is -1.81. The molecule has 6 rings (SSSR count). The Labute approximate surface area is 372 Å². The Morgan fingerprint density at radius 2 is 0.794 bits per heavy atom. The van der Waals surface area contributed by atoms with Crippen LogP contribution >= 0.6 is 0 Å². The molecule has 63 heavy (non-hydrogen) atoms. The summed E-state index contributed by atoms with van der Waals surface area (Å²) < 4.78 is 75.9. The van der Waals surface area contributed by atoms with Gasteiger partial charge in [0.1, 0.15) is 18.3 Å². The second-order valence-electron chi connectivity index (χ2n) is 19.6. The van der Waals surface area contributed by atoms with Gasteiger partial charge in [0, 0.05) is 64.7 Å². The molecule has 0 saturated carbocycles. The number of azide groups is 1. The van der Waals surface area contributed by atoms with Gasteiger partial charge in [-0.15, -0.1) is 0 Å². The highest BCUT2D eigenvalue weighted by Crippen LogP contribution is 2.41. The molecular formula is C44H77N3O16. The molecule has 19 nitrogen and oxygen atoms in total. The Bertz CT molecular complexity index is 1480. The number of nitrogens with zero attached hydrogens (tertiary/aromatic N) is 3. The van der Waals surface area contributed by atoms with Gasteiger partial charge in [0.05, 0.1) is 81.4 Å². The molecule has 0 aromatic carbocycles. The van der Waals surface area contributed by atoms with Gasteiger partial charge >= 0.3 is 0 Å². The Morgan fingerprint density at radius 1 is 0.444 bits per heavy atom. The molecule has 0 aromatic rings. The summed E-state index contributed by atoms with van der Waals surface area (Å²) in [5, 5.41) is 48.6. The lowest BCUT2D eigenvalue weighted by Gasteiger charge is -2.50. The molecule has 0 radical (unpaired) electrons. The van der Waals surface area contributed by atoms with Gasteiger partial charge in [0.25, 0.3) is 0 Å². The van der Waals surface area contributed by atoms with Gasteiger partial charge in [-0.2, -0.15) is 0 Å². The van der Waals surface area contributed by atoms with E-state index in [1.165, 1.54) is 0 Å². The summed E-state index contributed by atoms with van der Waals surface area (Å²) in [6.07, 6.45) is -13.2. The van der Waals surface area contributed by atoms with E-state index in [2.05, 4.69) is 10.0 Å². The number of hydrogen-bond acceptors (Lipinski definition) is 17. The molecule has 9 unspecified atom stereocenters. The quantitative estimate of drug-likeness (QED) is 0.0841. The van der Waals surface area contributed by atoms with E-state index in [1.807, 2.05) is 83.1 Å². The van der Waals surface area contributed by atoms with Crippen molar-refractivity contribution in [3.05, 3.63) is 10.4 Å². The van der Waals surface area contributed by atoms with Crippen molar-refractivity contribution in [2.45, 2.75) is 194 Å². The molecule has 19 heteroatoms. The molecule has 6 aliphatic heterocycles. The summed E-state index contributed by atoms with van der Waals surface area (Å²) in [6, 6.07) is 0. The van der Waals surface area contributed by atoms with Crippen LogP contribution in [0.3, 0.4) is 0 Å². The van der Waals surface area contributed by atoms with Crippen molar-refractivity contribution >= 4 is 0 Å². The fourth-order valence-electron chi connectivity index (χ4n) is 9.95. The first-order valence-electron chi connectivity index (χ1n) is 23.3. The lowest BCUT2D eigenvalue weighted by Crippen LogP contribution is -2.60. The summed E-state index contributed by atoms with van der Waals surface area (Å²) in [6.45, 7) is 24.7. The summed E-state index contributed by atoms with van der Waals surface area (Å²) in [4.78, 5) is 2.78. The molecule has 6 saturated heterocycles. The van der Waals surface area contributed by atoms with Crippen LogP contribution in [0.15, 0.2) is 5.11 Å². The van der Waals surface area contributed by atoms with Gasteiger partial charge in [-0.3, -0.25) is 0 Å². The van der Waals surface area contributed by atoms with Crippen LogP contribution in [0.2, 0.25) is 0 Å². The molecule has 27 atom stereocenters. The molecule has 0 aromatic heterocycles. The van der Waals surface area contributed by atoms with E-state index in [4.69, 9.17) is 62.4 Å². The Hall–Kier alpha value is -1.33. The zero-order valence-corrected chi connectivity index (χ0v) is 39.2. The van der Waals surface area contributed by atoms with Gasteiger partial charge in [-0.05, 0) is 26.3 Å². The zero-order valence-electron chi connectivity index (χ0n) is 39.2. The fourth-order valence-corrected chi connectivity index (χ4v) is 9.95. The highest BCUT2D eigenvalue weighted by atomic mass is 16.7. The van der Waals surface area contributed by atoms with E-state index in [0.29, 0.717) is 0 Å². The lowest BCUT2D eigenvalue weighted by molar-refractivity contribution is -0.364. The minimum absolute atomic E-state index is 0.0492. The van der Waals surface area contributed by atoms with Crippen LogP contribution < -0.4 is 0 Å². The molecule has 0 spiro atoms. The van der Waals surface area contributed by atoms with E-state index in [9.17, 15) is 20.4 Å². The second-order valence-corrected chi connectivity index (χ2v) is 19.6. The van der Waals surface area contributed by atoms with Crippen LogP contribution in [0.25, 0.3) is 10.4 Å². The number of aliphatic hydroxyl groups is 4. The van der Waals surface area contributed by atoms with Crippen molar-refractivity contribution < 1.29 is 77.3 Å². The minimum atomic E-state index is -1.20. The number of hydrogen-bond donors (Lipinski definition) is 4. The molecule has 4 N–H and O–H groups in total. The Balaban J connectivity index is 1.09. The van der Waals surface area contributed by atoms with E-state index in [-0.39, 0.29) is 111 Å². The van der Waals surface area contributed by atoms with Gasteiger partial charge in [0.15, 0.2) is 37.7 Å². The maximum Gasteiger partial charge on any atom is 0.186 e. The van der Waals surface area contributed by atoms with Crippen molar-refractivity contribution in [2.75, 3.05) is 33.0 Å². The maximum atomic E-state index is 11.9. The summed E-state index contributed by atoms with van der Waals surface area (Å²) in [5.41, 5.74) is 8.64. The molecule has 0 aliphatic carbocycles. The van der Waals surface area contributed by atoms with Gasteiger partial charge < -0.3 is 77.3 Å². The van der Waals surface area contributed by atoms with Gasteiger partial charge in [0.2, 0.25) is 0 Å². The van der Waals surface area contributed by atoms with E-state index < -0.39 is 86.6 Å². The molecule has 6 fully saturated rings. The first-order valence-corrected chi connectivity index (χ1v) is 23.3. The van der Waals surface area contributed by atoms with Crippen molar-refractivity contribution in [1.82, 2.24) is 0 Å². The third-order valence-corrected chi connectivity index (χ3v) is 14.8. The van der Waals surface area contributed by atoms with Gasteiger partial charge in [-0.25, -0.2) is 0 Å². The van der Waals surface area contributed by atoms with Crippen molar-refractivity contribution in [3.63, 3.8) is 0 Å². The van der Waals surface area contributed by atoms with Crippen LogP contribution in [0.1, 0.15) is 83.1 Å². The smallest absolute Gasteiger partial charge is 0.186 e. The molecule has 0 bridgehead atoms. The van der Waals surface area contributed by atoms with E-state index >= 15 is 0 Å². The predicted octanol–water partition coefficient (Wildman–Crippen LogP) is 3.71.